The van der Waals surface area contributed by atoms with Crippen LogP contribution in [0.3, 0.4) is 0 Å². The number of para-hydroxylation sites is 1. The Morgan fingerprint density at radius 3 is 2.75 bits per heavy atom. The van der Waals surface area contributed by atoms with E-state index in [1.165, 1.54) is 4.78 Å². The number of benzene rings is 1. The summed E-state index contributed by atoms with van der Waals surface area (Å²) >= 11 is 0. The molecule has 0 aliphatic carbocycles. The molecule has 1 atom stereocenters. The second-order valence-corrected chi connectivity index (χ2v) is 5.43. The number of hydrazone groups is 1. The molecule has 0 aromatic heterocycles. The van der Waals surface area contributed by atoms with E-state index in [4.69, 9.17) is 9.05 Å². The molecule has 1 heterocycles. The van der Waals surface area contributed by atoms with Gasteiger partial charge in [-0.05, 0) is 19.1 Å². The first-order valence-electron chi connectivity index (χ1n) is 4.88. The lowest BCUT2D eigenvalue weighted by Gasteiger charge is -2.28. The van der Waals surface area contributed by atoms with Crippen molar-refractivity contribution in [3.63, 3.8) is 0 Å². The van der Waals surface area contributed by atoms with Crippen molar-refractivity contribution in [2.45, 2.75) is 6.92 Å². The van der Waals surface area contributed by atoms with Gasteiger partial charge in [-0.1, -0.05) is 18.2 Å². The minimum absolute atomic E-state index is 0.231. The molecular weight excluding hydrogens is 227 g/mol. The number of hydrogen-bond donors (Lipinski definition) is 0. The second kappa shape index (κ2) is 4.28. The summed E-state index contributed by atoms with van der Waals surface area (Å²) in [6.07, 6.45) is 0. The van der Waals surface area contributed by atoms with E-state index in [1.807, 2.05) is 13.0 Å². The highest BCUT2D eigenvalue weighted by atomic mass is 31.2. The zero-order valence-electron chi connectivity index (χ0n) is 9.16. The molecule has 0 spiro atoms. The number of nitrogens with zero attached hydrogens (tertiary/aromatic N) is 2. The molecule has 0 radical (unpaired) electrons. The monoisotopic (exact) mass is 240 g/mol. The zero-order valence-corrected chi connectivity index (χ0v) is 10.1. The fourth-order valence-corrected chi connectivity index (χ4v) is 2.63. The van der Waals surface area contributed by atoms with E-state index in [0.29, 0.717) is 5.75 Å². The highest BCUT2D eigenvalue weighted by Crippen LogP contribution is 2.52. The van der Waals surface area contributed by atoms with E-state index in [2.05, 4.69) is 5.10 Å². The summed E-state index contributed by atoms with van der Waals surface area (Å²) in [6, 6.07) is 8.92. The molecule has 0 amide bonds. The first-order valence-corrected chi connectivity index (χ1v) is 6.37. The lowest BCUT2D eigenvalue weighted by molar-refractivity contribution is 0.232. The molecule has 0 fully saturated rings. The molecule has 6 heteroatoms. The Labute approximate surface area is 94.3 Å². The van der Waals surface area contributed by atoms with Gasteiger partial charge in [0.2, 0.25) is 0 Å². The molecule has 0 N–H and O–H groups in total. The Kier molecular flexibility index (Phi) is 2.99. The summed E-state index contributed by atoms with van der Waals surface area (Å²) in [6.45, 7) is 2.04. The van der Waals surface area contributed by atoms with Gasteiger partial charge in [0, 0.05) is 7.05 Å². The van der Waals surface area contributed by atoms with Crippen molar-refractivity contribution < 1.29 is 13.6 Å². The molecule has 16 heavy (non-hydrogen) atoms. The fraction of sp³-hybridized carbons (Fsp3) is 0.300. The van der Waals surface area contributed by atoms with Crippen molar-refractivity contribution in [2.75, 3.05) is 13.7 Å². The largest absolute Gasteiger partial charge is 0.504 e. The third-order valence-electron chi connectivity index (χ3n) is 2.07. The highest BCUT2D eigenvalue weighted by Gasteiger charge is 2.35. The third kappa shape index (κ3) is 2.26. The Morgan fingerprint density at radius 1 is 1.44 bits per heavy atom. The van der Waals surface area contributed by atoms with Crippen molar-refractivity contribution >= 4 is 13.5 Å². The summed E-state index contributed by atoms with van der Waals surface area (Å²) < 4.78 is 24.1. The SMILES string of the molecule is CC1=NN(C)P(=O)(Oc2ccccc2)OC1. The van der Waals surface area contributed by atoms with E-state index in [1.54, 1.807) is 31.3 Å². The van der Waals surface area contributed by atoms with Crippen LogP contribution >= 0.6 is 7.75 Å². The Bertz CT molecular complexity index is 447. The lowest BCUT2D eigenvalue weighted by Crippen LogP contribution is -2.24. The molecule has 1 aromatic rings. The molecule has 5 nitrogen and oxygen atoms in total. The van der Waals surface area contributed by atoms with Crippen LogP contribution < -0.4 is 4.52 Å². The van der Waals surface area contributed by atoms with Crippen LogP contribution in [-0.2, 0) is 9.09 Å². The third-order valence-corrected chi connectivity index (χ3v) is 3.77. The average molecular weight is 240 g/mol. The van der Waals surface area contributed by atoms with Crippen LogP contribution in [0.25, 0.3) is 0 Å². The standard InChI is InChI=1S/C10H13N2O3P/c1-9-8-14-16(13,12(2)11-9)15-10-6-4-3-5-7-10/h3-7H,8H2,1-2H3. The van der Waals surface area contributed by atoms with E-state index in [0.717, 1.165) is 5.71 Å². The molecule has 86 valence electrons. The minimum Gasteiger partial charge on any atom is -0.408 e. The molecular formula is C10H13N2O3P. The van der Waals surface area contributed by atoms with Crippen LogP contribution in [0.5, 0.6) is 5.75 Å². The summed E-state index contributed by atoms with van der Waals surface area (Å²) in [5, 5.41) is 4.07. The fourth-order valence-electron chi connectivity index (χ4n) is 1.29. The first-order chi connectivity index (χ1) is 7.60. The second-order valence-electron chi connectivity index (χ2n) is 3.47. The normalized spacial score (nSPS) is 25.1. The Morgan fingerprint density at radius 2 is 2.12 bits per heavy atom. The zero-order chi connectivity index (χ0) is 11.6. The van der Waals surface area contributed by atoms with Gasteiger partial charge in [-0.25, -0.2) is 4.57 Å². The first kappa shape index (κ1) is 11.2. The van der Waals surface area contributed by atoms with Crippen LogP contribution in [-0.4, -0.2) is 24.1 Å². The summed E-state index contributed by atoms with van der Waals surface area (Å²) in [7, 11) is -1.74. The number of hydrogen-bond acceptors (Lipinski definition) is 4. The van der Waals surface area contributed by atoms with Crippen LogP contribution in [0, 0.1) is 0 Å². The van der Waals surface area contributed by atoms with Crippen molar-refractivity contribution in [1.29, 1.82) is 0 Å². The van der Waals surface area contributed by atoms with Gasteiger partial charge in [-0.3, -0.25) is 4.52 Å². The quantitative estimate of drug-likeness (QED) is 0.745. The molecule has 2 rings (SSSR count). The number of rotatable bonds is 2. The maximum atomic E-state index is 12.3. The molecule has 0 saturated heterocycles. The van der Waals surface area contributed by atoms with E-state index < -0.39 is 7.75 Å². The van der Waals surface area contributed by atoms with Gasteiger partial charge >= 0.3 is 7.75 Å². The van der Waals surface area contributed by atoms with Gasteiger partial charge in [0.15, 0.2) is 0 Å². The summed E-state index contributed by atoms with van der Waals surface area (Å²) in [4.78, 5) is 0. The van der Waals surface area contributed by atoms with Crippen LogP contribution in [0.4, 0.5) is 0 Å². The van der Waals surface area contributed by atoms with Crippen molar-refractivity contribution in [1.82, 2.24) is 4.78 Å². The van der Waals surface area contributed by atoms with Gasteiger partial charge in [0.05, 0.1) is 12.3 Å². The van der Waals surface area contributed by atoms with E-state index in [-0.39, 0.29) is 6.61 Å². The average Bonchev–Trinajstić information content (AvgIpc) is 2.26. The van der Waals surface area contributed by atoms with Crippen molar-refractivity contribution in [2.24, 2.45) is 5.10 Å². The molecule has 0 saturated carbocycles. The maximum absolute atomic E-state index is 12.3. The van der Waals surface area contributed by atoms with Crippen LogP contribution in [0.2, 0.25) is 0 Å². The Balaban J connectivity index is 2.19. The van der Waals surface area contributed by atoms with Gasteiger partial charge in [0.25, 0.3) is 0 Å². The van der Waals surface area contributed by atoms with Gasteiger partial charge < -0.3 is 4.52 Å². The highest BCUT2D eigenvalue weighted by molar-refractivity contribution is 7.51. The van der Waals surface area contributed by atoms with Gasteiger partial charge in [-0.2, -0.15) is 9.88 Å². The van der Waals surface area contributed by atoms with Crippen LogP contribution in [0.1, 0.15) is 6.92 Å². The minimum atomic E-state index is -3.32. The molecule has 1 unspecified atom stereocenters. The smallest absolute Gasteiger partial charge is 0.408 e. The maximum Gasteiger partial charge on any atom is 0.504 e. The van der Waals surface area contributed by atoms with E-state index >= 15 is 0 Å². The van der Waals surface area contributed by atoms with Crippen LogP contribution in [0.15, 0.2) is 35.4 Å². The molecule has 1 aliphatic heterocycles. The van der Waals surface area contributed by atoms with Crippen molar-refractivity contribution in [3.8, 4) is 5.75 Å². The van der Waals surface area contributed by atoms with E-state index in [9.17, 15) is 4.57 Å². The summed E-state index contributed by atoms with van der Waals surface area (Å²) in [5.74, 6) is 0.507. The van der Waals surface area contributed by atoms with Crippen molar-refractivity contribution in [3.05, 3.63) is 30.3 Å². The predicted molar refractivity (Wildman–Crippen MR) is 61.5 cm³/mol. The molecule has 1 aliphatic rings. The molecule has 0 bridgehead atoms. The van der Waals surface area contributed by atoms with Gasteiger partial charge in [-0.15, -0.1) is 0 Å². The lowest BCUT2D eigenvalue weighted by atomic mass is 10.3. The summed E-state index contributed by atoms with van der Waals surface area (Å²) in [5.41, 5.74) is 0.769. The molecule has 1 aromatic carbocycles. The topological polar surface area (TPSA) is 51.1 Å². The van der Waals surface area contributed by atoms with Gasteiger partial charge in [0.1, 0.15) is 5.75 Å². The predicted octanol–water partition coefficient (Wildman–Crippen LogP) is 2.51. The Hall–Kier alpha value is -1.32.